The number of hydrogen-bond acceptors (Lipinski definition) is 8. The van der Waals surface area contributed by atoms with Gasteiger partial charge in [-0.05, 0) is 36.8 Å². The zero-order chi connectivity index (χ0) is 23.3. The van der Waals surface area contributed by atoms with E-state index in [9.17, 15) is 19.7 Å². The minimum absolute atomic E-state index is 0.128. The maximum atomic E-state index is 12.4. The molecule has 1 aliphatic heterocycles. The van der Waals surface area contributed by atoms with Gasteiger partial charge in [0.15, 0.2) is 18.1 Å². The van der Waals surface area contributed by atoms with E-state index >= 15 is 0 Å². The molecule has 166 valence electrons. The van der Waals surface area contributed by atoms with Crippen LogP contribution in [0.5, 0.6) is 11.5 Å². The number of anilines is 1. The number of methoxy groups -OCH3 is 1. The van der Waals surface area contributed by atoms with E-state index in [1.54, 1.807) is 30.3 Å². The van der Waals surface area contributed by atoms with Crippen LogP contribution < -0.4 is 14.8 Å². The van der Waals surface area contributed by atoms with Crippen molar-refractivity contribution in [2.24, 2.45) is 0 Å². The normalized spacial score (nSPS) is 14.6. The van der Waals surface area contributed by atoms with E-state index in [0.717, 1.165) is 0 Å². The molecule has 1 heterocycles. The number of nitrogens with one attached hydrogen (secondary N) is 1. The van der Waals surface area contributed by atoms with Gasteiger partial charge in [0.05, 0.1) is 16.9 Å². The van der Waals surface area contributed by atoms with Crippen LogP contribution >= 0.6 is 24.0 Å². The molecule has 11 heteroatoms. The number of thioether (sulfide) groups is 1. The predicted octanol–water partition coefficient (Wildman–Crippen LogP) is 3.84. The van der Waals surface area contributed by atoms with E-state index in [1.807, 2.05) is 6.92 Å². The molecule has 9 nitrogen and oxygen atoms in total. The number of carbonyl (C=O) groups excluding carboxylic acids is 2. The molecule has 1 N–H and O–H groups in total. The molecule has 0 spiro atoms. The highest BCUT2D eigenvalue weighted by atomic mass is 32.2. The summed E-state index contributed by atoms with van der Waals surface area (Å²) in [5, 5.41) is 13.4. The summed E-state index contributed by atoms with van der Waals surface area (Å²) in [6, 6.07) is 10.7. The van der Waals surface area contributed by atoms with Gasteiger partial charge in [0.1, 0.15) is 4.32 Å². The van der Waals surface area contributed by atoms with Crippen molar-refractivity contribution in [1.29, 1.82) is 0 Å². The summed E-state index contributed by atoms with van der Waals surface area (Å²) < 4.78 is 11.4. The van der Waals surface area contributed by atoms with Gasteiger partial charge < -0.3 is 14.8 Å². The largest absolute Gasteiger partial charge is 0.493 e. The van der Waals surface area contributed by atoms with Gasteiger partial charge in [-0.25, -0.2) is 0 Å². The fraction of sp³-hybridized carbons (Fsp3) is 0.190. The van der Waals surface area contributed by atoms with E-state index in [4.69, 9.17) is 21.7 Å². The predicted molar refractivity (Wildman–Crippen MR) is 126 cm³/mol. The first-order valence-electron chi connectivity index (χ1n) is 9.43. The van der Waals surface area contributed by atoms with Gasteiger partial charge in [-0.15, -0.1) is 0 Å². The third-order valence-electron chi connectivity index (χ3n) is 4.37. The number of hydrogen-bond donors (Lipinski definition) is 1. The summed E-state index contributed by atoms with van der Waals surface area (Å²) in [6.07, 6.45) is 1.72. The lowest BCUT2D eigenvalue weighted by Gasteiger charge is -2.12. The van der Waals surface area contributed by atoms with Crippen LogP contribution in [0.4, 0.5) is 11.4 Å². The molecule has 0 aliphatic carbocycles. The second-order valence-corrected chi connectivity index (χ2v) is 8.16. The van der Waals surface area contributed by atoms with Crippen molar-refractivity contribution in [3.63, 3.8) is 0 Å². The van der Waals surface area contributed by atoms with E-state index in [2.05, 4.69) is 5.32 Å². The smallest absolute Gasteiger partial charge is 0.271 e. The fourth-order valence-electron chi connectivity index (χ4n) is 2.85. The Labute approximate surface area is 193 Å². The molecule has 3 rings (SSSR count). The lowest BCUT2D eigenvalue weighted by atomic mass is 10.2. The number of amides is 2. The second kappa shape index (κ2) is 10.2. The van der Waals surface area contributed by atoms with Gasteiger partial charge in [-0.2, -0.15) is 0 Å². The first-order chi connectivity index (χ1) is 15.3. The van der Waals surface area contributed by atoms with Crippen molar-refractivity contribution in [3.05, 3.63) is 63.0 Å². The standard InChI is InChI=1S/C21H19N3O6S2/c1-3-23-20(26)18(32-21(23)31)10-13-7-8-16(17(9-13)29-2)30-12-19(25)22-14-5-4-6-15(11-14)24(27)28/h4-11H,3,12H2,1-2H3,(H,22,25)/b18-10+. The molecular weight excluding hydrogens is 454 g/mol. The molecule has 0 radical (unpaired) electrons. The van der Waals surface area contributed by atoms with E-state index < -0.39 is 10.8 Å². The third-order valence-corrected chi connectivity index (χ3v) is 5.75. The van der Waals surface area contributed by atoms with Gasteiger partial charge in [-0.1, -0.05) is 36.1 Å². The van der Waals surface area contributed by atoms with Gasteiger partial charge in [0.25, 0.3) is 17.5 Å². The average Bonchev–Trinajstić information content (AvgIpc) is 3.04. The van der Waals surface area contributed by atoms with Crippen molar-refractivity contribution < 1.29 is 24.0 Å². The SMILES string of the molecule is CCN1C(=O)/C(=C\c2ccc(OCC(=O)Nc3cccc([N+](=O)[O-])c3)c(OC)c2)SC1=S. The Kier molecular flexibility index (Phi) is 7.44. The highest BCUT2D eigenvalue weighted by Gasteiger charge is 2.30. The summed E-state index contributed by atoms with van der Waals surface area (Å²) in [6.45, 7) is 2.04. The molecule has 0 atom stereocenters. The van der Waals surface area contributed by atoms with E-state index in [0.29, 0.717) is 38.5 Å². The minimum atomic E-state index is -0.543. The van der Waals surface area contributed by atoms with Gasteiger partial charge in [0, 0.05) is 24.4 Å². The molecule has 0 aromatic heterocycles. The Morgan fingerprint density at radius 3 is 2.72 bits per heavy atom. The van der Waals surface area contributed by atoms with Crippen molar-refractivity contribution in [1.82, 2.24) is 4.90 Å². The molecule has 1 fully saturated rings. The van der Waals surface area contributed by atoms with Crippen molar-refractivity contribution in [3.8, 4) is 11.5 Å². The van der Waals surface area contributed by atoms with Crippen LogP contribution in [0.1, 0.15) is 12.5 Å². The Balaban J connectivity index is 1.66. The number of nitrogens with zero attached hydrogens (tertiary/aromatic N) is 2. The van der Waals surface area contributed by atoms with Gasteiger partial charge in [0.2, 0.25) is 0 Å². The van der Waals surface area contributed by atoms with Crippen molar-refractivity contribution in [2.45, 2.75) is 6.92 Å². The van der Waals surface area contributed by atoms with Gasteiger partial charge >= 0.3 is 0 Å². The molecule has 1 aliphatic rings. The molecule has 1 saturated heterocycles. The number of non-ortho nitro benzene ring substituents is 1. The lowest BCUT2D eigenvalue weighted by Crippen LogP contribution is -2.27. The summed E-state index contributed by atoms with van der Waals surface area (Å²) in [5.74, 6) is 0.0901. The molecule has 2 aromatic carbocycles. The Morgan fingerprint density at radius 1 is 1.28 bits per heavy atom. The number of ether oxygens (including phenoxy) is 2. The van der Waals surface area contributed by atoms with Crippen LogP contribution in [-0.2, 0) is 9.59 Å². The summed E-state index contributed by atoms with van der Waals surface area (Å²) >= 11 is 6.45. The highest BCUT2D eigenvalue weighted by molar-refractivity contribution is 8.26. The van der Waals surface area contributed by atoms with Gasteiger partial charge in [-0.3, -0.25) is 24.6 Å². The first-order valence-corrected chi connectivity index (χ1v) is 10.7. The van der Waals surface area contributed by atoms with Crippen LogP contribution in [0.3, 0.4) is 0 Å². The topological polar surface area (TPSA) is 111 Å². The summed E-state index contributed by atoms with van der Waals surface area (Å²) in [4.78, 5) is 36.9. The Bertz CT molecular complexity index is 1120. The second-order valence-electron chi connectivity index (χ2n) is 6.48. The number of thiocarbonyl (C=S) groups is 1. The van der Waals surface area contributed by atoms with E-state index in [-0.39, 0.29) is 18.2 Å². The number of rotatable bonds is 8. The van der Waals surface area contributed by atoms with Crippen molar-refractivity contribution in [2.75, 3.05) is 25.6 Å². The molecule has 32 heavy (non-hydrogen) atoms. The zero-order valence-corrected chi connectivity index (χ0v) is 18.8. The maximum Gasteiger partial charge on any atom is 0.271 e. The van der Waals surface area contributed by atoms with Crippen LogP contribution in [0.25, 0.3) is 6.08 Å². The van der Waals surface area contributed by atoms with Crippen LogP contribution in [0, 0.1) is 10.1 Å². The minimum Gasteiger partial charge on any atom is -0.493 e. The third kappa shape index (κ3) is 5.42. The fourth-order valence-corrected chi connectivity index (χ4v) is 4.24. The summed E-state index contributed by atoms with van der Waals surface area (Å²) in [5.41, 5.74) is 0.878. The molecule has 2 amide bonds. The lowest BCUT2D eigenvalue weighted by molar-refractivity contribution is -0.384. The Morgan fingerprint density at radius 2 is 2.06 bits per heavy atom. The van der Waals surface area contributed by atoms with E-state index in [1.165, 1.54) is 42.0 Å². The molecule has 0 saturated carbocycles. The first kappa shape index (κ1) is 23.2. The monoisotopic (exact) mass is 473 g/mol. The number of carbonyl (C=O) groups is 2. The molecule has 2 aromatic rings. The Hall–Kier alpha value is -3.44. The van der Waals surface area contributed by atoms with Crippen LogP contribution in [-0.4, -0.2) is 46.2 Å². The maximum absolute atomic E-state index is 12.4. The summed E-state index contributed by atoms with van der Waals surface area (Å²) in [7, 11) is 1.46. The zero-order valence-electron chi connectivity index (χ0n) is 17.2. The highest BCUT2D eigenvalue weighted by Crippen LogP contribution is 2.34. The average molecular weight is 474 g/mol. The number of benzene rings is 2. The molecular formula is C21H19N3O6S2. The van der Waals surface area contributed by atoms with Crippen LogP contribution in [0.15, 0.2) is 47.4 Å². The number of likely N-dealkylation sites (N-methyl/N-ethyl adjacent to an activating group) is 1. The van der Waals surface area contributed by atoms with Crippen LogP contribution in [0.2, 0.25) is 0 Å². The number of nitro benzene ring substituents is 1. The van der Waals surface area contributed by atoms with Crippen molar-refractivity contribution >= 4 is 57.6 Å². The number of nitro groups is 1. The molecule has 0 bridgehead atoms. The molecule has 0 unspecified atom stereocenters. The quantitative estimate of drug-likeness (QED) is 0.266.